The van der Waals surface area contributed by atoms with E-state index in [0.29, 0.717) is 0 Å². The second kappa shape index (κ2) is 11.2. The van der Waals surface area contributed by atoms with Gasteiger partial charge in [-0.25, -0.2) is 0 Å². The summed E-state index contributed by atoms with van der Waals surface area (Å²) < 4.78 is 0. The zero-order valence-electron chi connectivity index (χ0n) is 21.3. The molecular weight excluding hydrogens is 587 g/mol. The molecule has 3 nitrogen and oxygen atoms in total. The van der Waals surface area contributed by atoms with E-state index in [0.717, 1.165) is 16.8 Å². The van der Waals surface area contributed by atoms with Crippen molar-refractivity contribution < 1.29 is 30.0 Å². The van der Waals surface area contributed by atoms with Crippen molar-refractivity contribution >= 4 is 16.7 Å². The zero-order valence-corrected chi connectivity index (χ0v) is 23.6. The molecule has 0 saturated heterocycles. The van der Waals surface area contributed by atoms with E-state index < -0.39 is 5.41 Å². The van der Waals surface area contributed by atoms with Crippen LogP contribution in [0.2, 0.25) is 0 Å². The van der Waals surface area contributed by atoms with Crippen LogP contribution in [0.5, 0.6) is 0 Å². The van der Waals surface area contributed by atoms with E-state index in [9.17, 15) is 9.90 Å². The first-order valence-corrected chi connectivity index (χ1v) is 11.0. The summed E-state index contributed by atoms with van der Waals surface area (Å²) in [5, 5.41) is 10.8. The largest absolute Gasteiger partial charge is 0.512 e. The predicted octanol–water partition coefficient (Wildman–Crippen LogP) is 7.71. The number of hydrogen-bond acceptors (Lipinski definition) is 3. The minimum absolute atomic E-state index is 0. The van der Waals surface area contributed by atoms with Crippen LogP contribution in [0.4, 0.5) is 0 Å². The third-order valence-electron chi connectivity index (χ3n) is 5.19. The SMILES string of the molecule is CC(C)(C)C(=O)/C=C(\O)C(C)(C)C.Cc1c[c-]c(-c2cc(C)c3ccc(C)cc3n2)cc1.[Ir]. The van der Waals surface area contributed by atoms with Gasteiger partial charge in [0.25, 0.3) is 0 Å². The van der Waals surface area contributed by atoms with Gasteiger partial charge in [-0.15, -0.1) is 35.4 Å². The number of hydrogen-bond donors (Lipinski definition) is 1. The maximum absolute atomic E-state index is 11.5. The normalized spacial score (nSPS) is 12.0. The molecule has 0 amide bonds. The summed E-state index contributed by atoms with van der Waals surface area (Å²) in [5.41, 5.74) is 6.06. The number of ketones is 1. The fraction of sp³-hybridized carbons (Fsp3) is 0.379. The fourth-order valence-electron chi connectivity index (χ4n) is 2.87. The Balaban J connectivity index is 0.000000346. The Morgan fingerprint density at radius 1 is 0.909 bits per heavy atom. The van der Waals surface area contributed by atoms with Gasteiger partial charge in [-0.3, -0.25) is 9.78 Å². The molecule has 0 fully saturated rings. The van der Waals surface area contributed by atoms with Gasteiger partial charge in [0.1, 0.15) is 5.76 Å². The van der Waals surface area contributed by atoms with E-state index in [1.165, 1.54) is 28.2 Å². The Labute approximate surface area is 212 Å². The number of fused-ring (bicyclic) bond motifs is 1. The Bertz CT molecular complexity index is 1130. The maximum Gasteiger partial charge on any atom is 0.164 e. The molecule has 0 bridgehead atoms. The zero-order chi connectivity index (χ0) is 24.3. The van der Waals surface area contributed by atoms with E-state index in [-0.39, 0.29) is 37.1 Å². The quantitative estimate of drug-likeness (QED) is 0.181. The Morgan fingerprint density at radius 2 is 1.52 bits per heavy atom. The van der Waals surface area contributed by atoms with Gasteiger partial charge in [-0.2, -0.15) is 0 Å². The second-order valence-electron chi connectivity index (χ2n) is 10.5. The van der Waals surface area contributed by atoms with E-state index in [4.69, 9.17) is 4.98 Å². The monoisotopic (exact) mass is 623 g/mol. The summed E-state index contributed by atoms with van der Waals surface area (Å²) >= 11 is 0. The van der Waals surface area contributed by atoms with Crippen molar-refractivity contribution in [2.45, 2.75) is 62.3 Å². The van der Waals surface area contributed by atoms with Crippen molar-refractivity contribution in [1.29, 1.82) is 0 Å². The van der Waals surface area contributed by atoms with Crippen LogP contribution in [0.25, 0.3) is 22.2 Å². The van der Waals surface area contributed by atoms with Crippen LogP contribution in [0, 0.1) is 37.7 Å². The molecule has 1 aromatic heterocycles. The van der Waals surface area contributed by atoms with Crippen molar-refractivity contribution in [3.63, 3.8) is 0 Å². The summed E-state index contributed by atoms with van der Waals surface area (Å²) in [7, 11) is 0. The first-order chi connectivity index (χ1) is 14.7. The van der Waals surface area contributed by atoms with E-state index >= 15 is 0 Å². The van der Waals surface area contributed by atoms with Gasteiger partial charge in [0.2, 0.25) is 0 Å². The van der Waals surface area contributed by atoms with Gasteiger partial charge in [0.15, 0.2) is 5.78 Å². The van der Waals surface area contributed by atoms with Crippen LogP contribution in [0.15, 0.2) is 54.3 Å². The number of nitrogens with zero attached hydrogens (tertiary/aromatic N) is 1. The van der Waals surface area contributed by atoms with Crippen LogP contribution < -0.4 is 0 Å². The van der Waals surface area contributed by atoms with Gasteiger partial charge in [-0.1, -0.05) is 66.7 Å². The summed E-state index contributed by atoms with van der Waals surface area (Å²) in [6.07, 6.45) is 1.33. The van der Waals surface area contributed by atoms with E-state index in [2.05, 4.69) is 63.2 Å². The number of aliphatic hydroxyl groups is 1. The Kier molecular flexibility index (Phi) is 9.78. The van der Waals surface area contributed by atoms with Gasteiger partial charge in [0.05, 0.1) is 5.52 Å². The smallest absolute Gasteiger partial charge is 0.164 e. The average Bonchev–Trinajstić information content (AvgIpc) is 2.67. The molecule has 0 aliphatic heterocycles. The van der Waals surface area contributed by atoms with Crippen LogP contribution >= 0.6 is 0 Å². The fourth-order valence-corrected chi connectivity index (χ4v) is 2.87. The molecule has 2 aromatic carbocycles. The number of carbonyl (C=O) groups excluding carboxylic acids is 1. The number of aliphatic hydroxyl groups excluding tert-OH is 1. The number of pyridine rings is 1. The van der Waals surface area contributed by atoms with E-state index in [1.54, 1.807) is 0 Å². The van der Waals surface area contributed by atoms with Crippen molar-refractivity contribution in [3.8, 4) is 11.3 Å². The second-order valence-corrected chi connectivity index (χ2v) is 10.5. The van der Waals surface area contributed by atoms with Gasteiger partial charge in [0, 0.05) is 42.4 Å². The number of benzene rings is 2. The van der Waals surface area contributed by atoms with Gasteiger partial charge < -0.3 is 5.11 Å². The standard InChI is InChI=1S/C18H16N.C11H20O2.Ir/c1-12-4-7-15(8-5-12)17-11-14(3)16-9-6-13(2)10-18(16)19-17;1-10(2,3)8(12)7-9(13)11(4,5)6;/h4-7,9-11H,1-3H3;7,12H,1-6H3;/q-1;;/b;8-7-;. The maximum atomic E-state index is 11.5. The molecule has 4 heteroatoms. The summed E-state index contributed by atoms with van der Waals surface area (Å²) in [6, 6.07) is 18.0. The number of allylic oxidation sites excluding steroid dienone is 2. The van der Waals surface area contributed by atoms with Gasteiger partial charge in [-0.05, 0) is 36.7 Å². The van der Waals surface area contributed by atoms with Gasteiger partial charge >= 0.3 is 0 Å². The predicted molar refractivity (Wildman–Crippen MR) is 135 cm³/mol. The third kappa shape index (κ3) is 8.21. The molecule has 3 aromatic rings. The number of carbonyl (C=O) groups is 1. The molecule has 0 saturated carbocycles. The molecule has 1 heterocycles. The van der Waals surface area contributed by atoms with E-state index in [1.807, 2.05) is 47.6 Å². The third-order valence-corrected chi connectivity index (χ3v) is 5.19. The average molecular weight is 623 g/mol. The molecule has 0 unspecified atom stereocenters. The summed E-state index contributed by atoms with van der Waals surface area (Å²) in [4.78, 5) is 16.3. The molecule has 0 aliphatic carbocycles. The number of rotatable bonds is 2. The molecule has 3 rings (SSSR count). The number of aromatic nitrogens is 1. The molecule has 33 heavy (non-hydrogen) atoms. The van der Waals surface area contributed by atoms with Crippen molar-refractivity contribution in [3.05, 3.63) is 77.1 Å². The first-order valence-electron chi connectivity index (χ1n) is 11.0. The minimum Gasteiger partial charge on any atom is -0.512 e. The first kappa shape index (κ1) is 28.7. The van der Waals surface area contributed by atoms with Crippen LogP contribution in [-0.2, 0) is 24.9 Å². The summed E-state index contributed by atoms with van der Waals surface area (Å²) in [5.74, 6) is 0.104. The summed E-state index contributed by atoms with van der Waals surface area (Å²) in [6.45, 7) is 17.4. The molecule has 0 spiro atoms. The Hall–Kier alpha value is -2.29. The number of aryl methyl sites for hydroxylation is 3. The van der Waals surface area contributed by atoms with Crippen LogP contribution in [0.1, 0.15) is 58.2 Å². The molecular formula is C29H36IrNO2-. The van der Waals surface area contributed by atoms with Crippen LogP contribution in [-0.4, -0.2) is 15.9 Å². The van der Waals surface area contributed by atoms with Crippen molar-refractivity contribution in [1.82, 2.24) is 4.98 Å². The molecule has 1 radical (unpaired) electrons. The Morgan fingerprint density at radius 3 is 2.03 bits per heavy atom. The van der Waals surface area contributed by atoms with Crippen LogP contribution in [0.3, 0.4) is 0 Å². The minimum atomic E-state index is -0.417. The molecule has 179 valence electrons. The van der Waals surface area contributed by atoms with Crippen molar-refractivity contribution in [2.75, 3.05) is 0 Å². The van der Waals surface area contributed by atoms with Crippen molar-refractivity contribution in [2.24, 2.45) is 10.8 Å². The molecule has 1 N–H and O–H groups in total. The topological polar surface area (TPSA) is 50.2 Å². The molecule has 0 aliphatic rings. The molecule has 0 atom stereocenters.